The number of hydrogen-bond donors (Lipinski definition) is 0. The summed E-state index contributed by atoms with van der Waals surface area (Å²) in [6.45, 7) is 2.78. The average Bonchev–Trinajstić information content (AvgIpc) is 2.53. The summed E-state index contributed by atoms with van der Waals surface area (Å²) in [4.78, 5) is 14.1. The number of rotatable bonds is 0. The summed E-state index contributed by atoms with van der Waals surface area (Å²) >= 11 is 0. The molecule has 0 saturated carbocycles. The highest BCUT2D eigenvalue weighted by Crippen LogP contribution is 2.26. The topological polar surface area (TPSA) is 20.3 Å². The summed E-state index contributed by atoms with van der Waals surface area (Å²) in [5, 5.41) is 0. The fourth-order valence-electron chi connectivity index (χ4n) is 2.57. The van der Waals surface area contributed by atoms with Crippen molar-refractivity contribution in [1.29, 1.82) is 0 Å². The molecule has 2 aromatic rings. The minimum Gasteiger partial charge on any atom is -0.301 e. The quantitative estimate of drug-likeness (QED) is 0.675. The Morgan fingerprint density at radius 3 is 2.67 bits per heavy atom. The van der Waals surface area contributed by atoms with Gasteiger partial charge in [0.05, 0.1) is 0 Å². The van der Waals surface area contributed by atoms with E-state index in [0.717, 1.165) is 30.6 Å². The van der Waals surface area contributed by atoms with Crippen LogP contribution in [0.25, 0.3) is 0 Å². The molecule has 104 valence electrons. The van der Waals surface area contributed by atoms with Crippen molar-refractivity contribution in [3.8, 4) is 11.8 Å². The number of fused-ring (bicyclic) bond motifs is 1. The fourth-order valence-corrected chi connectivity index (χ4v) is 2.57. The van der Waals surface area contributed by atoms with E-state index in [1.165, 1.54) is 11.1 Å². The van der Waals surface area contributed by atoms with E-state index in [1.54, 1.807) is 4.90 Å². The van der Waals surface area contributed by atoms with Crippen LogP contribution in [0.15, 0.2) is 48.5 Å². The summed E-state index contributed by atoms with van der Waals surface area (Å²) in [7, 11) is 0. The van der Waals surface area contributed by atoms with E-state index < -0.39 is 0 Å². The molecular formula is C19H17NO. The maximum Gasteiger partial charge on any atom is 0.303 e. The van der Waals surface area contributed by atoms with Crippen molar-refractivity contribution in [2.45, 2.75) is 19.8 Å². The molecule has 0 aromatic heterocycles. The van der Waals surface area contributed by atoms with E-state index in [-0.39, 0.29) is 5.91 Å². The normalized spacial score (nSPS) is 13.1. The fraction of sp³-hybridized carbons (Fsp3) is 0.211. The van der Waals surface area contributed by atoms with E-state index in [1.807, 2.05) is 49.4 Å². The SMILES string of the molecule is Cc1ccc(C#CC(=O)N2CCCc3ccccc32)cc1. The monoisotopic (exact) mass is 275 g/mol. The number of amides is 1. The van der Waals surface area contributed by atoms with Crippen molar-refractivity contribution in [2.24, 2.45) is 0 Å². The van der Waals surface area contributed by atoms with Crippen LogP contribution in [-0.2, 0) is 11.2 Å². The minimum absolute atomic E-state index is 0.122. The molecule has 0 aliphatic carbocycles. The summed E-state index contributed by atoms with van der Waals surface area (Å²) in [5.74, 6) is 5.60. The van der Waals surface area contributed by atoms with Crippen molar-refractivity contribution >= 4 is 11.6 Å². The Kier molecular flexibility index (Phi) is 3.75. The van der Waals surface area contributed by atoms with Crippen LogP contribution in [0.2, 0.25) is 0 Å². The zero-order valence-electron chi connectivity index (χ0n) is 12.1. The lowest BCUT2D eigenvalue weighted by atomic mass is 10.0. The van der Waals surface area contributed by atoms with Crippen LogP contribution in [0.4, 0.5) is 5.69 Å². The van der Waals surface area contributed by atoms with Crippen molar-refractivity contribution in [2.75, 3.05) is 11.4 Å². The van der Waals surface area contributed by atoms with Crippen molar-refractivity contribution < 1.29 is 4.79 Å². The highest BCUT2D eigenvalue weighted by Gasteiger charge is 2.20. The second-order valence-corrected chi connectivity index (χ2v) is 5.31. The molecule has 0 atom stereocenters. The molecule has 0 bridgehead atoms. The smallest absolute Gasteiger partial charge is 0.301 e. The number of nitrogens with zero attached hydrogens (tertiary/aromatic N) is 1. The molecule has 1 aliphatic rings. The van der Waals surface area contributed by atoms with Gasteiger partial charge >= 0.3 is 5.91 Å². The first-order valence-electron chi connectivity index (χ1n) is 7.22. The van der Waals surface area contributed by atoms with Gasteiger partial charge in [0.1, 0.15) is 0 Å². The maximum atomic E-state index is 12.4. The van der Waals surface area contributed by atoms with Crippen LogP contribution >= 0.6 is 0 Å². The van der Waals surface area contributed by atoms with Gasteiger partial charge in [-0.15, -0.1) is 0 Å². The van der Waals surface area contributed by atoms with Gasteiger partial charge in [-0.2, -0.15) is 0 Å². The number of para-hydroxylation sites is 1. The Morgan fingerprint density at radius 2 is 1.86 bits per heavy atom. The Bertz CT molecular complexity index is 719. The number of aryl methyl sites for hydroxylation is 2. The zero-order chi connectivity index (χ0) is 14.7. The van der Waals surface area contributed by atoms with Gasteiger partial charge in [0.2, 0.25) is 0 Å². The molecule has 3 rings (SSSR count). The summed E-state index contributed by atoms with van der Waals surface area (Å²) in [6.07, 6.45) is 2.03. The van der Waals surface area contributed by atoms with Gasteiger partial charge in [0, 0.05) is 23.7 Å². The third-order valence-corrected chi connectivity index (χ3v) is 3.72. The van der Waals surface area contributed by atoms with Crippen LogP contribution in [0.1, 0.15) is 23.1 Å². The molecule has 2 aromatic carbocycles. The molecule has 2 heteroatoms. The van der Waals surface area contributed by atoms with Crippen molar-refractivity contribution in [3.05, 3.63) is 65.2 Å². The number of carbonyl (C=O) groups is 1. The molecule has 0 spiro atoms. The predicted molar refractivity (Wildman–Crippen MR) is 85.2 cm³/mol. The van der Waals surface area contributed by atoms with E-state index in [9.17, 15) is 4.79 Å². The van der Waals surface area contributed by atoms with E-state index in [4.69, 9.17) is 0 Å². The molecule has 0 N–H and O–H groups in total. The van der Waals surface area contributed by atoms with E-state index in [0.29, 0.717) is 0 Å². The zero-order valence-corrected chi connectivity index (χ0v) is 12.1. The van der Waals surface area contributed by atoms with Crippen LogP contribution in [0.5, 0.6) is 0 Å². The Labute approximate surface area is 125 Å². The van der Waals surface area contributed by atoms with Crippen LogP contribution in [0.3, 0.4) is 0 Å². The molecule has 21 heavy (non-hydrogen) atoms. The van der Waals surface area contributed by atoms with Gasteiger partial charge in [0.15, 0.2) is 0 Å². The van der Waals surface area contributed by atoms with Crippen LogP contribution in [0, 0.1) is 18.8 Å². The second-order valence-electron chi connectivity index (χ2n) is 5.31. The Morgan fingerprint density at radius 1 is 1.10 bits per heavy atom. The third-order valence-electron chi connectivity index (χ3n) is 3.72. The van der Waals surface area contributed by atoms with Gasteiger partial charge in [0.25, 0.3) is 0 Å². The molecule has 1 aliphatic heterocycles. The third kappa shape index (κ3) is 2.98. The standard InChI is InChI=1S/C19H17NO/c1-15-8-10-16(11-9-15)12-13-19(21)20-14-4-6-17-5-2-3-7-18(17)20/h2-3,5,7-11H,4,6,14H2,1H3. The Hall–Kier alpha value is -2.53. The van der Waals surface area contributed by atoms with Crippen molar-refractivity contribution in [1.82, 2.24) is 0 Å². The van der Waals surface area contributed by atoms with Crippen LogP contribution in [-0.4, -0.2) is 12.5 Å². The first kappa shape index (κ1) is 13.5. The maximum absolute atomic E-state index is 12.4. The first-order chi connectivity index (χ1) is 10.2. The molecule has 0 radical (unpaired) electrons. The minimum atomic E-state index is -0.122. The highest BCUT2D eigenvalue weighted by atomic mass is 16.2. The Balaban J connectivity index is 1.83. The number of benzene rings is 2. The molecule has 0 unspecified atom stereocenters. The molecule has 1 heterocycles. The predicted octanol–water partition coefficient (Wildman–Crippen LogP) is 3.33. The van der Waals surface area contributed by atoms with Gasteiger partial charge in [-0.3, -0.25) is 4.79 Å². The van der Waals surface area contributed by atoms with E-state index >= 15 is 0 Å². The molecule has 2 nitrogen and oxygen atoms in total. The second kappa shape index (κ2) is 5.85. The number of anilines is 1. The lowest BCUT2D eigenvalue weighted by molar-refractivity contribution is -0.113. The van der Waals surface area contributed by atoms with E-state index in [2.05, 4.69) is 17.9 Å². The lowest BCUT2D eigenvalue weighted by Gasteiger charge is -2.27. The summed E-state index contributed by atoms with van der Waals surface area (Å²) in [5.41, 5.74) is 4.30. The molecule has 0 saturated heterocycles. The molecular weight excluding hydrogens is 258 g/mol. The molecule has 1 amide bonds. The van der Waals surface area contributed by atoms with Gasteiger partial charge in [-0.1, -0.05) is 41.8 Å². The first-order valence-corrected chi connectivity index (χ1v) is 7.22. The number of carbonyl (C=O) groups excluding carboxylic acids is 1. The summed E-state index contributed by atoms with van der Waals surface area (Å²) < 4.78 is 0. The van der Waals surface area contributed by atoms with Gasteiger partial charge < -0.3 is 4.90 Å². The molecule has 0 fully saturated rings. The highest BCUT2D eigenvalue weighted by molar-refractivity contribution is 6.06. The van der Waals surface area contributed by atoms with Gasteiger partial charge in [-0.05, 0) is 43.5 Å². The average molecular weight is 275 g/mol. The largest absolute Gasteiger partial charge is 0.303 e. The summed E-state index contributed by atoms with van der Waals surface area (Å²) in [6, 6.07) is 16.0. The lowest BCUT2D eigenvalue weighted by Crippen LogP contribution is -2.34. The van der Waals surface area contributed by atoms with Gasteiger partial charge in [-0.25, -0.2) is 0 Å². The van der Waals surface area contributed by atoms with Crippen LogP contribution < -0.4 is 4.90 Å². The number of hydrogen-bond acceptors (Lipinski definition) is 1. The van der Waals surface area contributed by atoms with Crippen molar-refractivity contribution in [3.63, 3.8) is 0 Å².